The molecule has 2 heterocycles. The average Bonchev–Trinajstić information content (AvgIpc) is 3.25. The SMILES string of the molecule is O=C(CNc1cc(C2=NOC(c3cc(Cl)cc(Cl)c3)(C(F)(F)F)C2)ccc1Cl)c1ccncc1. The summed E-state index contributed by atoms with van der Waals surface area (Å²) in [4.78, 5) is 21.2. The summed E-state index contributed by atoms with van der Waals surface area (Å²) in [5, 5.41) is 7.03. The molecule has 0 radical (unpaired) electrons. The molecule has 0 saturated heterocycles. The van der Waals surface area contributed by atoms with Crippen LogP contribution in [0.3, 0.4) is 0 Å². The van der Waals surface area contributed by atoms with Crippen molar-refractivity contribution < 1.29 is 22.8 Å². The highest BCUT2D eigenvalue weighted by Crippen LogP contribution is 2.49. The Morgan fingerprint density at radius 1 is 1.03 bits per heavy atom. The molecule has 1 N–H and O–H groups in total. The Morgan fingerprint density at radius 3 is 2.35 bits per heavy atom. The van der Waals surface area contributed by atoms with Crippen LogP contribution in [0.4, 0.5) is 18.9 Å². The Kier molecular flexibility index (Phi) is 6.75. The third-order valence-electron chi connectivity index (χ3n) is 5.26. The van der Waals surface area contributed by atoms with Crippen LogP contribution in [0.15, 0.2) is 66.1 Å². The summed E-state index contributed by atoms with van der Waals surface area (Å²) in [6, 6.07) is 11.3. The van der Waals surface area contributed by atoms with Crippen molar-refractivity contribution in [2.75, 3.05) is 11.9 Å². The highest BCUT2D eigenvalue weighted by atomic mass is 35.5. The lowest BCUT2D eigenvalue weighted by atomic mass is 9.86. The van der Waals surface area contributed by atoms with Gasteiger partial charge >= 0.3 is 6.18 Å². The molecule has 11 heteroatoms. The van der Waals surface area contributed by atoms with E-state index < -0.39 is 18.2 Å². The molecule has 1 atom stereocenters. The lowest BCUT2D eigenvalue weighted by molar-refractivity contribution is -0.275. The van der Waals surface area contributed by atoms with Gasteiger partial charge in [0.2, 0.25) is 0 Å². The second-order valence-electron chi connectivity index (χ2n) is 7.50. The van der Waals surface area contributed by atoms with E-state index >= 15 is 0 Å². The number of halogens is 6. The molecule has 0 bridgehead atoms. The van der Waals surface area contributed by atoms with Gasteiger partial charge in [0.05, 0.1) is 23.0 Å². The largest absolute Gasteiger partial charge is 0.435 e. The number of anilines is 1. The molecule has 3 aromatic rings. The number of pyridine rings is 1. The van der Waals surface area contributed by atoms with Crippen LogP contribution < -0.4 is 5.32 Å². The molecular weight excluding hydrogens is 514 g/mol. The molecule has 2 aromatic carbocycles. The monoisotopic (exact) mass is 527 g/mol. The zero-order chi connectivity index (χ0) is 24.5. The minimum atomic E-state index is -4.81. The molecule has 34 heavy (non-hydrogen) atoms. The van der Waals surface area contributed by atoms with Crippen molar-refractivity contribution in [1.82, 2.24) is 4.98 Å². The molecule has 0 spiro atoms. The van der Waals surface area contributed by atoms with Crippen molar-refractivity contribution >= 4 is 52.0 Å². The van der Waals surface area contributed by atoms with Gasteiger partial charge in [-0.3, -0.25) is 9.78 Å². The maximum Gasteiger partial charge on any atom is 0.435 e. The van der Waals surface area contributed by atoms with E-state index in [2.05, 4.69) is 15.5 Å². The second-order valence-corrected chi connectivity index (χ2v) is 8.78. The van der Waals surface area contributed by atoms with E-state index in [0.717, 1.165) is 12.1 Å². The number of Topliss-reactive ketones (excluding diaryl/α,β-unsaturated/α-hetero) is 1. The van der Waals surface area contributed by atoms with Crippen LogP contribution in [0.1, 0.15) is 27.9 Å². The molecule has 0 saturated carbocycles. The summed E-state index contributed by atoms with van der Waals surface area (Å²) in [5.74, 6) is -0.209. The van der Waals surface area contributed by atoms with Crippen molar-refractivity contribution in [3.8, 4) is 0 Å². The zero-order valence-corrected chi connectivity index (χ0v) is 19.4. The Bertz CT molecular complexity index is 1250. The van der Waals surface area contributed by atoms with Gasteiger partial charge in [0, 0.05) is 45.6 Å². The van der Waals surface area contributed by atoms with Gasteiger partial charge in [-0.1, -0.05) is 46.0 Å². The topological polar surface area (TPSA) is 63.6 Å². The Hall–Kier alpha value is -2.81. The molecule has 4 rings (SSSR count). The summed E-state index contributed by atoms with van der Waals surface area (Å²) in [6.45, 7) is -0.0797. The van der Waals surface area contributed by atoms with Gasteiger partial charge in [0.25, 0.3) is 5.60 Å². The first-order chi connectivity index (χ1) is 16.1. The number of rotatable bonds is 6. The number of nitrogens with zero attached hydrogens (tertiary/aromatic N) is 2. The first kappa shape index (κ1) is 24.3. The minimum Gasteiger partial charge on any atom is -0.376 e. The van der Waals surface area contributed by atoms with Gasteiger partial charge < -0.3 is 10.2 Å². The van der Waals surface area contributed by atoms with Gasteiger partial charge in [-0.25, -0.2) is 0 Å². The van der Waals surface area contributed by atoms with Gasteiger partial charge in [-0.15, -0.1) is 0 Å². The highest BCUT2D eigenvalue weighted by molar-refractivity contribution is 6.34. The Labute approximate surface area is 207 Å². The zero-order valence-electron chi connectivity index (χ0n) is 17.2. The van der Waals surface area contributed by atoms with Crippen LogP contribution >= 0.6 is 34.8 Å². The van der Waals surface area contributed by atoms with E-state index in [1.807, 2.05) is 0 Å². The number of carbonyl (C=O) groups excluding carboxylic acids is 1. The summed E-state index contributed by atoms with van der Waals surface area (Å²) in [6.07, 6.45) is -2.42. The number of ketones is 1. The molecular formula is C23H15Cl3F3N3O2. The van der Waals surface area contributed by atoms with E-state index in [4.69, 9.17) is 39.6 Å². The first-order valence-corrected chi connectivity index (χ1v) is 11.0. The molecule has 0 aliphatic carbocycles. The smallest absolute Gasteiger partial charge is 0.376 e. The summed E-state index contributed by atoms with van der Waals surface area (Å²) in [5.41, 5.74) is -1.79. The van der Waals surface area contributed by atoms with Crippen molar-refractivity contribution in [1.29, 1.82) is 0 Å². The molecule has 176 valence electrons. The number of hydrogen-bond donors (Lipinski definition) is 1. The number of oxime groups is 1. The summed E-state index contributed by atoms with van der Waals surface area (Å²) >= 11 is 18.1. The van der Waals surface area contributed by atoms with Crippen LogP contribution in [0.2, 0.25) is 15.1 Å². The molecule has 1 unspecified atom stereocenters. The highest BCUT2D eigenvalue weighted by Gasteiger charge is 2.62. The van der Waals surface area contributed by atoms with E-state index in [1.165, 1.54) is 36.7 Å². The first-order valence-electron chi connectivity index (χ1n) is 9.84. The van der Waals surface area contributed by atoms with Crippen LogP contribution in [0.5, 0.6) is 0 Å². The van der Waals surface area contributed by atoms with E-state index in [1.54, 1.807) is 12.1 Å². The number of benzene rings is 2. The van der Waals surface area contributed by atoms with E-state index in [0.29, 0.717) is 16.8 Å². The predicted octanol–water partition coefficient (Wildman–Crippen LogP) is 6.92. The molecule has 1 aliphatic rings. The quantitative estimate of drug-likeness (QED) is 0.353. The van der Waals surface area contributed by atoms with Gasteiger partial charge in [-0.2, -0.15) is 13.2 Å². The number of hydrogen-bond acceptors (Lipinski definition) is 5. The summed E-state index contributed by atoms with van der Waals surface area (Å²) < 4.78 is 42.6. The molecule has 0 amide bonds. The molecule has 1 aromatic heterocycles. The minimum absolute atomic E-state index is 0.0417. The van der Waals surface area contributed by atoms with Crippen LogP contribution in [-0.4, -0.2) is 29.2 Å². The fraction of sp³-hybridized carbons (Fsp3) is 0.174. The Morgan fingerprint density at radius 2 is 1.71 bits per heavy atom. The number of aromatic nitrogens is 1. The maximum atomic E-state index is 14.2. The normalized spacial score (nSPS) is 17.8. The number of carbonyl (C=O) groups is 1. The van der Waals surface area contributed by atoms with Gasteiger partial charge in [0.1, 0.15) is 0 Å². The predicted molar refractivity (Wildman–Crippen MR) is 125 cm³/mol. The fourth-order valence-corrected chi connectivity index (χ4v) is 4.21. The van der Waals surface area contributed by atoms with Crippen molar-refractivity contribution in [2.24, 2.45) is 5.16 Å². The van der Waals surface area contributed by atoms with E-state index in [-0.39, 0.29) is 38.7 Å². The standard InChI is InChI=1S/C23H15Cl3F3N3O2/c24-16-8-15(9-17(25)10-16)22(23(27,28)29)11-20(32-34-22)14-1-2-18(26)19(7-14)31-12-21(33)13-3-5-30-6-4-13/h1-10,31H,11-12H2. The third-order valence-corrected chi connectivity index (χ3v) is 6.02. The number of nitrogens with one attached hydrogen (secondary N) is 1. The third kappa shape index (κ3) is 4.85. The second kappa shape index (κ2) is 9.44. The van der Waals surface area contributed by atoms with Gasteiger partial charge in [-0.05, 0) is 42.5 Å². The van der Waals surface area contributed by atoms with E-state index in [9.17, 15) is 18.0 Å². The van der Waals surface area contributed by atoms with Gasteiger partial charge in [0.15, 0.2) is 5.78 Å². The van der Waals surface area contributed by atoms with Crippen molar-refractivity contribution in [3.05, 3.63) is 92.7 Å². The molecule has 0 fully saturated rings. The van der Waals surface area contributed by atoms with Crippen LogP contribution in [0, 0.1) is 0 Å². The van der Waals surface area contributed by atoms with Crippen LogP contribution in [-0.2, 0) is 10.4 Å². The van der Waals surface area contributed by atoms with Crippen LogP contribution in [0.25, 0.3) is 0 Å². The van der Waals surface area contributed by atoms with Crippen molar-refractivity contribution in [2.45, 2.75) is 18.2 Å². The lowest BCUT2D eigenvalue weighted by Gasteiger charge is -2.29. The molecule has 5 nitrogen and oxygen atoms in total. The summed E-state index contributed by atoms with van der Waals surface area (Å²) in [7, 11) is 0. The lowest BCUT2D eigenvalue weighted by Crippen LogP contribution is -2.42. The Balaban J connectivity index is 1.58. The number of alkyl halides is 3. The van der Waals surface area contributed by atoms with Crippen molar-refractivity contribution in [3.63, 3.8) is 0 Å². The molecule has 1 aliphatic heterocycles. The maximum absolute atomic E-state index is 14.2. The fourth-order valence-electron chi connectivity index (χ4n) is 3.50. The average molecular weight is 529 g/mol.